The van der Waals surface area contributed by atoms with Crippen LogP contribution in [0.15, 0.2) is 36.1 Å². The van der Waals surface area contributed by atoms with Crippen LogP contribution < -0.4 is 4.74 Å². The maximum Gasteiger partial charge on any atom is 0.303 e. The molecule has 1 N–H and O–H groups in total. The van der Waals surface area contributed by atoms with Crippen molar-refractivity contribution in [3.05, 3.63) is 51.7 Å². The Bertz CT molecular complexity index is 935. The third-order valence-corrected chi connectivity index (χ3v) is 6.53. The molecule has 2 rings (SSSR count). The fourth-order valence-corrected chi connectivity index (χ4v) is 4.34. The number of rotatable bonds is 12. The maximum atomic E-state index is 11.2. The number of hydrogen-bond acceptors (Lipinski definition) is 7. The van der Waals surface area contributed by atoms with Crippen molar-refractivity contribution in [2.45, 2.75) is 51.7 Å². The van der Waals surface area contributed by atoms with E-state index in [1.54, 1.807) is 0 Å². The fraction of sp³-hybridized carbons (Fsp3) is 0.520. The molecule has 0 heterocycles. The molecule has 0 bridgehead atoms. The summed E-state index contributed by atoms with van der Waals surface area (Å²) in [6.07, 6.45) is 5.23. The summed E-state index contributed by atoms with van der Waals surface area (Å²) >= 11 is 18.8. The summed E-state index contributed by atoms with van der Waals surface area (Å²) in [7, 11) is 0. The van der Waals surface area contributed by atoms with Gasteiger partial charge in [0.2, 0.25) is 0 Å². The van der Waals surface area contributed by atoms with E-state index in [0.29, 0.717) is 28.0 Å². The minimum Gasteiger partial charge on any atom is -0.490 e. The predicted octanol–water partition coefficient (Wildman–Crippen LogP) is 5.22. The Morgan fingerprint density at radius 1 is 1.06 bits per heavy atom. The molecule has 1 aliphatic rings. The molecule has 0 aromatic heterocycles. The van der Waals surface area contributed by atoms with Crippen molar-refractivity contribution < 1.29 is 33.6 Å². The lowest BCUT2D eigenvalue weighted by Crippen LogP contribution is -2.29. The number of halogens is 3. The van der Waals surface area contributed by atoms with Crippen molar-refractivity contribution in [3.63, 3.8) is 0 Å². The van der Waals surface area contributed by atoms with Gasteiger partial charge in [-0.15, -0.1) is 11.6 Å². The molecule has 0 saturated heterocycles. The second-order valence-electron chi connectivity index (χ2n) is 8.72. The normalized spacial score (nSPS) is 17.3. The zero-order valence-electron chi connectivity index (χ0n) is 20.2. The molecule has 0 fully saturated rings. The predicted molar refractivity (Wildman–Crippen MR) is 135 cm³/mol. The van der Waals surface area contributed by atoms with E-state index in [4.69, 9.17) is 53.8 Å². The molecule has 7 nitrogen and oxygen atoms in total. The highest BCUT2D eigenvalue weighted by Gasteiger charge is 2.32. The molecule has 35 heavy (non-hydrogen) atoms. The van der Waals surface area contributed by atoms with E-state index in [1.165, 1.54) is 13.8 Å². The number of benzene rings is 1. The number of carbonyl (C=O) groups is 2. The zero-order chi connectivity index (χ0) is 26.2. The third-order valence-electron chi connectivity index (χ3n) is 5.63. The van der Waals surface area contributed by atoms with Crippen molar-refractivity contribution in [3.8, 4) is 5.75 Å². The molecule has 1 aromatic carbocycles. The first-order chi connectivity index (χ1) is 16.5. The Kier molecular flexibility index (Phi) is 11.2. The van der Waals surface area contributed by atoms with Crippen molar-refractivity contribution in [2.24, 2.45) is 5.92 Å². The van der Waals surface area contributed by atoms with Gasteiger partial charge in [0.1, 0.15) is 25.1 Å². The van der Waals surface area contributed by atoms with Crippen LogP contribution in [-0.2, 0) is 29.2 Å². The summed E-state index contributed by atoms with van der Waals surface area (Å²) < 4.78 is 21.4. The lowest BCUT2D eigenvalue weighted by Gasteiger charge is -2.34. The Morgan fingerprint density at radius 2 is 1.63 bits per heavy atom. The summed E-state index contributed by atoms with van der Waals surface area (Å²) in [5.41, 5.74) is 0.600. The number of carbonyl (C=O) groups excluding carboxylic acids is 2. The van der Waals surface area contributed by atoms with Gasteiger partial charge < -0.3 is 24.1 Å². The van der Waals surface area contributed by atoms with Crippen LogP contribution in [-0.4, -0.2) is 55.0 Å². The molecule has 0 aliphatic heterocycles. The van der Waals surface area contributed by atoms with Gasteiger partial charge in [-0.2, -0.15) is 0 Å². The molecule has 0 saturated carbocycles. The summed E-state index contributed by atoms with van der Waals surface area (Å²) in [5, 5.41) is 9.99. The summed E-state index contributed by atoms with van der Waals surface area (Å²) in [4.78, 5) is 22.2. The Balaban J connectivity index is 2.05. The number of ether oxygens (including phenoxy) is 4. The van der Waals surface area contributed by atoms with Crippen molar-refractivity contribution in [1.82, 2.24) is 0 Å². The van der Waals surface area contributed by atoms with E-state index in [9.17, 15) is 14.7 Å². The molecule has 1 aromatic rings. The summed E-state index contributed by atoms with van der Waals surface area (Å²) in [5.74, 6) is 0.229. The first kappa shape index (κ1) is 29.3. The Morgan fingerprint density at radius 3 is 2.11 bits per heavy atom. The molecule has 10 heteroatoms. The molecular formula is C25H31Cl3O7. The van der Waals surface area contributed by atoms with Crippen LogP contribution in [0.3, 0.4) is 0 Å². The number of aliphatic hydroxyl groups excluding tert-OH is 1. The molecule has 0 radical (unpaired) electrons. The van der Waals surface area contributed by atoms with E-state index < -0.39 is 24.1 Å². The molecule has 0 spiro atoms. The van der Waals surface area contributed by atoms with Crippen LogP contribution in [0, 0.1) is 5.92 Å². The number of alkyl halides is 1. The van der Waals surface area contributed by atoms with Crippen LogP contribution >= 0.6 is 34.8 Å². The number of aliphatic hydroxyl groups is 1. The first-order valence-electron chi connectivity index (χ1n) is 11.1. The average molecular weight is 550 g/mol. The SMILES string of the molecule is CC(=O)O[C@@H](CO)COC1=CCC(C(C)(C)c2cc(Cl)c(OC[C@H](CCl)OC(C)=O)c(Cl)c2)C=C1. The van der Waals surface area contributed by atoms with Crippen LogP contribution in [0.1, 0.15) is 39.7 Å². The molecule has 1 aliphatic carbocycles. The van der Waals surface area contributed by atoms with E-state index in [1.807, 2.05) is 30.4 Å². The van der Waals surface area contributed by atoms with Crippen molar-refractivity contribution in [1.29, 1.82) is 0 Å². The maximum absolute atomic E-state index is 11.2. The van der Waals surface area contributed by atoms with Crippen LogP contribution in [0.4, 0.5) is 0 Å². The highest BCUT2D eigenvalue weighted by Crippen LogP contribution is 2.43. The Labute approximate surface area is 220 Å². The fourth-order valence-electron chi connectivity index (χ4n) is 3.60. The van der Waals surface area contributed by atoms with Gasteiger partial charge >= 0.3 is 11.9 Å². The van der Waals surface area contributed by atoms with Gasteiger partial charge in [0.25, 0.3) is 0 Å². The summed E-state index contributed by atoms with van der Waals surface area (Å²) in [6.45, 7) is 6.55. The highest BCUT2D eigenvalue weighted by molar-refractivity contribution is 6.37. The number of hydrogen-bond donors (Lipinski definition) is 1. The smallest absolute Gasteiger partial charge is 0.303 e. The van der Waals surface area contributed by atoms with E-state index in [2.05, 4.69) is 13.8 Å². The zero-order valence-corrected chi connectivity index (χ0v) is 22.5. The third kappa shape index (κ3) is 8.60. The van der Waals surface area contributed by atoms with Crippen LogP contribution in [0.2, 0.25) is 10.0 Å². The van der Waals surface area contributed by atoms with Gasteiger partial charge in [0.15, 0.2) is 11.9 Å². The van der Waals surface area contributed by atoms with Crippen molar-refractivity contribution >= 4 is 46.7 Å². The van der Waals surface area contributed by atoms with Gasteiger partial charge in [-0.1, -0.05) is 43.1 Å². The summed E-state index contributed by atoms with van der Waals surface area (Å²) in [6, 6.07) is 3.64. The van der Waals surface area contributed by atoms with Crippen LogP contribution in [0.5, 0.6) is 5.75 Å². The quantitative estimate of drug-likeness (QED) is 0.282. The molecule has 194 valence electrons. The minimum absolute atomic E-state index is 0.0266. The van der Waals surface area contributed by atoms with Gasteiger partial charge in [-0.3, -0.25) is 9.59 Å². The molecule has 0 amide bonds. The first-order valence-corrected chi connectivity index (χ1v) is 12.4. The molecule has 3 atom stereocenters. The second-order valence-corrected chi connectivity index (χ2v) is 9.84. The van der Waals surface area contributed by atoms with Crippen LogP contribution in [0.25, 0.3) is 0 Å². The van der Waals surface area contributed by atoms with Crippen molar-refractivity contribution in [2.75, 3.05) is 25.7 Å². The van der Waals surface area contributed by atoms with Gasteiger partial charge in [-0.25, -0.2) is 0 Å². The standard InChI is InChI=1S/C25H31Cl3O7/c1-15(30)34-20(11-26)13-33-24-22(27)9-18(10-23(24)28)25(3,4)17-5-7-19(8-6-17)32-14-21(12-29)35-16(2)31/h5,7-10,17,20-21,29H,6,11-14H2,1-4H3/t17?,20-,21-/m0/s1. The highest BCUT2D eigenvalue weighted by atomic mass is 35.5. The largest absolute Gasteiger partial charge is 0.490 e. The van der Waals surface area contributed by atoms with Gasteiger partial charge in [0, 0.05) is 13.8 Å². The Hall–Kier alpha value is -1.93. The average Bonchev–Trinajstić information content (AvgIpc) is 2.80. The van der Waals surface area contributed by atoms with Gasteiger partial charge in [-0.05, 0) is 47.6 Å². The number of esters is 2. The lowest BCUT2D eigenvalue weighted by atomic mass is 9.71. The number of allylic oxidation sites excluding steroid dienone is 3. The van der Waals surface area contributed by atoms with Gasteiger partial charge in [0.05, 0.1) is 22.5 Å². The second kappa shape index (κ2) is 13.4. The monoisotopic (exact) mass is 548 g/mol. The lowest BCUT2D eigenvalue weighted by molar-refractivity contribution is -0.151. The topological polar surface area (TPSA) is 91.3 Å². The van der Waals surface area contributed by atoms with E-state index >= 15 is 0 Å². The van der Waals surface area contributed by atoms with E-state index in [-0.39, 0.29) is 37.0 Å². The van der Waals surface area contributed by atoms with E-state index in [0.717, 1.165) is 5.56 Å². The molecule has 1 unspecified atom stereocenters. The molecular weight excluding hydrogens is 519 g/mol. The minimum atomic E-state index is -0.713.